The molecule has 1 aliphatic rings. The van der Waals surface area contributed by atoms with Crippen LogP contribution in [-0.2, 0) is 4.74 Å². The fourth-order valence-electron chi connectivity index (χ4n) is 1.55. The molecule has 1 amide bonds. The molecular weight excluding hydrogens is 246 g/mol. The third-order valence-electron chi connectivity index (χ3n) is 2.99. The lowest BCUT2D eigenvalue weighted by molar-refractivity contribution is 0.0675. The van der Waals surface area contributed by atoms with Crippen LogP contribution in [-0.4, -0.2) is 47.6 Å². The molecule has 7 heteroatoms. The number of nitrogens with zero attached hydrogens (tertiary/aromatic N) is 3. The van der Waals surface area contributed by atoms with Crippen molar-refractivity contribution >= 4 is 11.7 Å². The van der Waals surface area contributed by atoms with E-state index in [1.165, 1.54) is 25.2 Å². The van der Waals surface area contributed by atoms with Crippen LogP contribution in [0.25, 0.3) is 0 Å². The molecule has 1 saturated carbocycles. The van der Waals surface area contributed by atoms with Crippen LogP contribution in [0.1, 0.15) is 23.3 Å². The first-order chi connectivity index (χ1) is 9.20. The average molecular weight is 265 g/mol. The van der Waals surface area contributed by atoms with Gasteiger partial charge in [-0.3, -0.25) is 4.79 Å². The smallest absolute Gasteiger partial charge is 0.273 e. The number of aromatic nitrogens is 2. The van der Waals surface area contributed by atoms with Crippen LogP contribution < -0.4 is 11.3 Å². The van der Waals surface area contributed by atoms with Gasteiger partial charge in [0.05, 0.1) is 19.0 Å². The molecule has 1 heterocycles. The number of ether oxygens (including phenoxy) is 1. The van der Waals surface area contributed by atoms with Crippen LogP contribution in [0.3, 0.4) is 0 Å². The van der Waals surface area contributed by atoms with Crippen molar-refractivity contribution in [3.05, 3.63) is 18.1 Å². The molecule has 3 N–H and O–H groups in total. The van der Waals surface area contributed by atoms with Crippen LogP contribution in [0.2, 0.25) is 0 Å². The van der Waals surface area contributed by atoms with Crippen molar-refractivity contribution in [3.63, 3.8) is 0 Å². The van der Waals surface area contributed by atoms with Crippen LogP contribution >= 0.6 is 0 Å². The molecule has 0 atom stereocenters. The van der Waals surface area contributed by atoms with Gasteiger partial charge in [0.25, 0.3) is 5.91 Å². The minimum Gasteiger partial charge on any atom is -0.379 e. The largest absolute Gasteiger partial charge is 0.379 e. The van der Waals surface area contributed by atoms with Crippen molar-refractivity contribution in [1.29, 1.82) is 0 Å². The van der Waals surface area contributed by atoms with Crippen LogP contribution in [0, 0.1) is 5.92 Å². The van der Waals surface area contributed by atoms with Crippen molar-refractivity contribution in [2.75, 3.05) is 32.2 Å². The van der Waals surface area contributed by atoms with Crippen LogP contribution in [0.4, 0.5) is 5.82 Å². The maximum atomic E-state index is 12.0. The van der Waals surface area contributed by atoms with E-state index in [0.717, 1.165) is 12.5 Å². The number of likely N-dealkylation sites (N-methyl/N-ethyl adjacent to an activating group) is 1. The zero-order chi connectivity index (χ0) is 13.7. The molecule has 104 valence electrons. The first-order valence-electron chi connectivity index (χ1n) is 6.32. The molecular formula is C12H19N5O2. The predicted octanol–water partition coefficient (Wildman–Crippen LogP) is 0.261. The summed E-state index contributed by atoms with van der Waals surface area (Å²) in [5.74, 6) is 6.17. The van der Waals surface area contributed by atoms with E-state index in [2.05, 4.69) is 15.4 Å². The quantitative estimate of drug-likeness (QED) is 0.417. The number of hydrogen-bond donors (Lipinski definition) is 2. The number of hydrazine groups is 1. The molecule has 1 aliphatic carbocycles. The highest BCUT2D eigenvalue weighted by atomic mass is 16.5. The number of nitrogen functional groups attached to an aromatic ring is 1. The third-order valence-corrected chi connectivity index (χ3v) is 2.99. The molecule has 0 aliphatic heterocycles. The SMILES string of the molecule is CN(CCOCC1CC1)C(=O)c1cnc(NN)cn1. The van der Waals surface area contributed by atoms with E-state index in [4.69, 9.17) is 10.6 Å². The summed E-state index contributed by atoms with van der Waals surface area (Å²) in [4.78, 5) is 21.5. The molecule has 0 saturated heterocycles. The van der Waals surface area contributed by atoms with Gasteiger partial charge in [0.15, 0.2) is 5.82 Å². The molecule has 0 aromatic carbocycles. The van der Waals surface area contributed by atoms with Crippen molar-refractivity contribution in [1.82, 2.24) is 14.9 Å². The van der Waals surface area contributed by atoms with E-state index in [1.54, 1.807) is 11.9 Å². The highest BCUT2D eigenvalue weighted by Gasteiger charge is 2.21. The van der Waals surface area contributed by atoms with Crippen molar-refractivity contribution in [3.8, 4) is 0 Å². The van der Waals surface area contributed by atoms with Gasteiger partial charge in [0, 0.05) is 20.2 Å². The second-order valence-electron chi connectivity index (χ2n) is 4.68. The highest BCUT2D eigenvalue weighted by Crippen LogP contribution is 2.28. The number of carbonyl (C=O) groups is 1. The van der Waals surface area contributed by atoms with Crippen LogP contribution in [0.5, 0.6) is 0 Å². The second-order valence-corrected chi connectivity index (χ2v) is 4.68. The normalized spacial score (nSPS) is 14.2. The molecule has 7 nitrogen and oxygen atoms in total. The summed E-state index contributed by atoms with van der Waals surface area (Å²) < 4.78 is 5.49. The van der Waals surface area contributed by atoms with Gasteiger partial charge < -0.3 is 15.1 Å². The molecule has 1 aromatic heterocycles. The van der Waals surface area contributed by atoms with Gasteiger partial charge in [-0.2, -0.15) is 0 Å². The Balaban J connectivity index is 1.76. The maximum absolute atomic E-state index is 12.0. The molecule has 0 spiro atoms. The van der Waals surface area contributed by atoms with Gasteiger partial charge >= 0.3 is 0 Å². The molecule has 19 heavy (non-hydrogen) atoms. The molecule has 0 unspecified atom stereocenters. The Bertz CT molecular complexity index is 419. The molecule has 1 aromatic rings. The number of anilines is 1. The number of amides is 1. The fraction of sp³-hybridized carbons (Fsp3) is 0.583. The summed E-state index contributed by atoms with van der Waals surface area (Å²) >= 11 is 0. The van der Waals surface area contributed by atoms with E-state index in [1.807, 2.05) is 0 Å². The standard InChI is InChI=1S/C12H19N5O2/c1-17(4-5-19-8-9-2-3-9)12(18)10-6-15-11(16-13)7-14-10/h6-7,9H,2-5,8,13H2,1H3,(H,15,16). The Morgan fingerprint density at radius 1 is 1.53 bits per heavy atom. The summed E-state index contributed by atoms with van der Waals surface area (Å²) in [6, 6.07) is 0. The first kappa shape index (κ1) is 13.7. The minimum atomic E-state index is -0.175. The van der Waals surface area contributed by atoms with Gasteiger partial charge in [0.1, 0.15) is 5.69 Å². The number of hydrogen-bond acceptors (Lipinski definition) is 6. The van der Waals surface area contributed by atoms with Gasteiger partial charge in [-0.15, -0.1) is 0 Å². The van der Waals surface area contributed by atoms with Crippen molar-refractivity contribution < 1.29 is 9.53 Å². The summed E-state index contributed by atoms with van der Waals surface area (Å²) in [6.07, 6.45) is 5.36. The average Bonchev–Trinajstić information content (AvgIpc) is 3.27. The van der Waals surface area contributed by atoms with Gasteiger partial charge in [-0.25, -0.2) is 15.8 Å². The van der Waals surface area contributed by atoms with Crippen LogP contribution in [0.15, 0.2) is 12.4 Å². The zero-order valence-electron chi connectivity index (χ0n) is 11.0. The minimum absolute atomic E-state index is 0.175. The lowest BCUT2D eigenvalue weighted by Gasteiger charge is -2.16. The Kier molecular flexibility index (Phi) is 4.64. The maximum Gasteiger partial charge on any atom is 0.273 e. The van der Waals surface area contributed by atoms with E-state index in [0.29, 0.717) is 24.7 Å². The predicted molar refractivity (Wildman–Crippen MR) is 70.3 cm³/mol. The summed E-state index contributed by atoms with van der Waals surface area (Å²) in [6.45, 7) is 1.90. The molecule has 0 bridgehead atoms. The third kappa shape index (κ3) is 4.15. The van der Waals surface area contributed by atoms with Gasteiger partial charge in [-0.1, -0.05) is 0 Å². The number of nitrogens with two attached hydrogens (primary N) is 1. The second kappa shape index (κ2) is 6.44. The monoisotopic (exact) mass is 265 g/mol. The topological polar surface area (TPSA) is 93.4 Å². The van der Waals surface area contributed by atoms with E-state index in [9.17, 15) is 4.79 Å². The lowest BCUT2D eigenvalue weighted by Crippen LogP contribution is -2.31. The summed E-state index contributed by atoms with van der Waals surface area (Å²) in [7, 11) is 1.72. The van der Waals surface area contributed by atoms with E-state index >= 15 is 0 Å². The lowest BCUT2D eigenvalue weighted by atomic mass is 10.4. The zero-order valence-corrected chi connectivity index (χ0v) is 11.0. The Morgan fingerprint density at radius 2 is 2.32 bits per heavy atom. The van der Waals surface area contributed by atoms with E-state index < -0.39 is 0 Å². The Morgan fingerprint density at radius 3 is 2.89 bits per heavy atom. The van der Waals surface area contributed by atoms with Gasteiger partial charge in [-0.05, 0) is 18.8 Å². The van der Waals surface area contributed by atoms with Gasteiger partial charge in [0.2, 0.25) is 0 Å². The van der Waals surface area contributed by atoms with E-state index in [-0.39, 0.29) is 5.91 Å². The molecule has 0 radical (unpaired) electrons. The number of nitrogens with one attached hydrogen (secondary N) is 1. The number of rotatable bonds is 7. The summed E-state index contributed by atoms with van der Waals surface area (Å²) in [5, 5.41) is 0. The molecule has 1 fully saturated rings. The van der Waals surface area contributed by atoms with Crippen molar-refractivity contribution in [2.45, 2.75) is 12.8 Å². The Labute approximate surface area is 112 Å². The molecule has 2 rings (SSSR count). The van der Waals surface area contributed by atoms with Crippen molar-refractivity contribution in [2.24, 2.45) is 11.8 Å². The Hall–Kier alpha value is -1.73. The number of carbonyl (C=O) groups excluding carboxylic acids is 1. The first-order valence-corrected chi connectivity index (χ1v) is 6.32. The summed E-state index contributed by atoms with van der Waals surface area (Å²) in [5.41, 5.74) is 2.66. The highest BCUT2D eigenvalue weighted by molar-refractivity contribution is 5.91. The fourth-order valence-corrected chi connectivity index (χ4v) is 1.55.